The van der Waals surface area contributed by atoms with Crippen LogP contribution < -0.4 is 0 Å². The fourth-order valence-corrected chi connectivity index (χ4v) is 2.41. The van der Waals surface area contributed by atoms with Gasteiger partial charge in [-0.25, -0.2) is 0 Å². The zero-order valence-corrected chi connectivity index (χ0v) is 8.87. The smallest absolute Gasteiger partial charge is 0.0893 e. The molecule has 14 heavy (non-hydrogen) atoms. The highest BCUT2D eigenvalue weighted by Gasteiger charge is 2.30. The number of hydrogen-bond donors (Lipinski definition) is 1. The minimum atomic E-state index is -0.527. The van der Waals surface area contributed by atoms with Gasteiger partial charge in [-0.2, -0.15) is 0 Å². The van der Waals surface area contributed by atoms with Crippen molar-refractivity contribution in [3.63, 3.8) is 0 Å². The standard InChI is InChI=1S/C11H21NO2/c13-11(4-3-9-14-10-11)5-8-12-6-1-2-7-12/h13H,1-10H2. The van der Waals surface area contributed by atoms with Crippen LogP contribution in [0.1, 0.15) is 32.1 Å². The SMILES string of the molecule is OC1(CCN2CCCC2)CCCOC1. The summed E-state index contributed by atoms with van der Waals surface area (Å²) in [5.74, 6) is 0. The zero-order valence-electron chi connectivity index (χ0n) is 8.87. The van der Waals surface area contributed by atoms with Crippen LogP contribution in [0.2, 0.25) is 0 Å². The number of likely N-dealkylation sites (tertiary alicyclic amines) is 1. The Morgan fingerprint density at radius 1 is 1.21 bits per heavy atom. The van der Waals surface area contributed by atoms with E-state index in [0.29, 0.717) is 6.61 Å². The summed E-state index contributed by atoms with van der Waals surface area (Å²) < 4.78 is 5.33. The van der Waals surface area contributed by atoms with Crippen molar-refractivity contribution in [2.75, 3.05) is 32.8 Å². The third-order valence-electron chi connectivity index (χ3n) is 3.39. The molecule has 3 nitrogen and oxygen atoms in total. The number of aliphatic hydroxyl groups is 1. The summed E-state index contributed by atoms with van der Waals surface area (Å²) in [5.41, 5.74) is -0.527. The second-order valence-electron chi connectivity index (χ2n) is 4.68. The van der Waals surface area contributed by atoms with Crippen molar-refractivity contribution < 1.29 is 9.84 Å². The average Bonchev–Trinajstić information content (AvgIpc) is 2.69. The van der Waals surface area contributed by atoms with E-state index in [9.17, 15) is 5.11 Å². The highest BCUT2D eigenvalue weighted by atomic mass is 16.5. The molecule has 2 aliphatic rings. The summed E-state index contributed by atoms with van der Waals surface area (Å²) in [6.07, 6.45) is 5.47. The largest absolute Gasteiger partial charge is 0.387 e. The van der Waals surface area contributed by atoms with E-state index < -0.39 is 5.60 Å². The van der Waals surface area contributed by atoms with Gasteiger partial charge in [0.2, 0.25) is 0 Å². The molecule has 0 radical (unpaired) electrons. The molecule has 82 valence electrons. The Labute approximate surface area is 86.0 Å². The van der Waals surface area contributed by atoms with Crippen LogP contribution >= 0.6 is 0 Å². The lowest BCUT2D eigenvalue weighted by atomic mass is 9.93. The van der Waals surface area contributed by atoms with Gasteiger partial charge in [0.1, 0.15) is 0 Å². The Morgan fingerprint density at radius 2 is 2.00 bits per heavy atom. The van der Waals surface area contributed by atoms with Crippen LogP contribution in [0.5, 0.6) is 0 Å². The summed E-state index contributed by atoms with van der Waals surface area (Å²) in [5, 5.41) is 10.2. The van der Waals surface area contributed by atoms with Crippen LogP contribution in [0.25, 0.3) is 0 Å². The van der Waals surface area contributed by atoms with Gasteiger partial charge >= 0.3 is 0 Å². The molecule has 2 aliphatic heterocycles. The Bertz CT molecular complexity index is 172. The summed E-state index contributed by atoms with van der Waals surface area (Å²) in [4.78, 5) is 2.45. The molecule has 2 saturated heterocycles. The van der Waals surface area contributed by atoms with E-state index in [0.717, 1.165) is 32.4 Å². The van der Waals surface area contributed by atoms with Crippen molar-refractivity contribution in [3.8, 4) is 0 Å². The molecule has 2 heterocycles. The summed E-state index contributed by atoms with van der Waals surface area (Å²) in [7, 11) is 0. The Morgan fingerprint density at radius 3 is 2.64 bits per heavy atom. The normalized spacial score (nSPS) is 34.9. The van der Waals surface area contributed by atoms with Crippen LogP contribution in [0, 0.1) is 0 Å². The quantitative estimate of drug-likeness (QED) is 0.736. The van der Waals surface area contributed by atoms with E-state index in [1.54, 1.807) is 0 Å². The third-order valence-corrected chi connectivity index (χ3v) is 3.39. The van der Waals surface area contributed by atoms with Gasteiger partial charge in [0, 0.05) is 13.2 Å². The molecule has 1 atom stereocenters. The van der Waals surface area contributed by atoms with Gasteiger partial charge in [0.05, 0.1) is 12.2 Å². The monoisotopic (exact) mass is 199 g/mol. The van der Waals surface area contributed by atoms with Crippen molar-refractivity contribution in [3.05, 3.63) is 0 Å². The lowest BCUT2D eigenvalue weighted by Gasteiger charge is -2.33. The highest BCUT2D eigenvalue weighted by Crippen LogP contribution is 2.23. The molecule has 2 rings (SSSR count). The van der Waals surface area contributed by atoms with Crippen molar-refractivity contribution in [1.82, 2.24) is 4.90 Å². The predicted octanol–water partition coefficient (Wildman–Crippen LogP) is 1.01. The van der Waals surface area contributed by atoms with Crippen molar-refractivity contribution >= 4 is 0 Å². The molecule has 2 fully saturated rings. The molecule has 0 saturated carbocycles. The van der Waals surface area contributed by atoms with E-state index >= 15 is 0 Å². The first-order chi connectivity index (χ1) is 6.79. The maximum absolute atomic E-state index is 10.2. The van der Waals surface area contributed by atoms with E-state index in [1.165, 1.54) is 25.9 Å². The van der Waals surface area contributed by atoms with Crippen LogP contribution in [0.15, 0.2) is 0 Å². The van der Waals surface area contributed by atoms with Crippen molar-refractivity contribution in [1.29, 1.82) is 0 Å². The zero-order chi connectivity index (χ0) is 9.86. The summed E-state index contributed by atoms with van der Waals surface area (Å²) in [6.45, 7) is 4.85. The first kappa shape index (κ1) is 10.4. The minimum absolute atomic E-state index is 0.527. The van der Waals surface area contributed by atoms with Crippen LogP contribution in [0.4, 0.5) is 0 Å². The second-order valence-corrected chi connectivity index (χ2v) is 4.68. The third kappa shape index (κ3) is 2.69. The fourth-order valence-electron chi connectivity index (χ4n) is 2.41. The van der Waals surface area contributed by atoms with Gasteiger partial charge in [0.15, 0.2) is 0 Å². The number of rotatable bonds is 3. The molecule has 0 amide bonds. The molecule has 0 aromatic heterocycles. The molecule has 0 aliphatic carbocycles. The van der Waals surface area contributed by atoms with Crippen molar-refractivity contribution in [2.24, 2.45) is 0 Å². The highest BCUT2D eigenvalue weighted by molar-refractivity contribution is 4.82. The topological polar surface area (TPSA) is 32.7 Å². The predicted molar refractivity (Wildman–Crippen MR) is 55.3 cm³/mol. The van der Waals surface area contributed by atoms with Gasteiger partial charge in [-0.3, -0.25) is 0 Å². The van der Waals surface area contributed by atoms with Gasteiger partial charge < -0.3 is 14.7 Å². The summed E-state index contributed by atoms with van der Waals surface area (Å²) in [6, 6.07) is 0. The Balaban J connectivity index is 1.72. The lowest BCUT2D eigenvalue weighted by molar-refractivity contribution is -0.0922. The first-order valence-corrected chi connectivity index (χ1v) is 5.81. The molecular weight excluding hydrogens is 178 g/mol. The van der Waals surface area contributed by atoms with E-state index in [1.807, 2.05) is 0 Å². The molecule has 0 aromatic carbocycles. The first-order valence-electron chi connectivity index (χ1n) is 5.81. The number of hydrogen-bond acceptors (Lipinski definition) is 3. The molecular formula is C11H21NO2. The average molecular weight is 199 g/mol. The summed E-state index contributed by atoms with van der Waals surface area (Å²) >= 11 is 0. The van der Waals surface area contributed by atoms with Crippen molar-refractivity contribution in [2.45, 2.75) is 37.7 Å². The molecule has 0 aromatic rings. The second kappa shape index (κ2) is 4.60. The van der Waals surface area contributed by atoms with Crippen LogP contribution in [-0.4, -0.2) is 48.5 Å². The van der Waals surface area contributed by atoms with E-state index in [4.69, 9.17) is 4.74 Å². The molecule has 1 unspecified atom stereocenters. The Hall–Kier alpha value is -0.120. The molecule has 3 heteroatoms. The van der Waals surface area contributed by atoms with E-state index in [-0.39, 0.29) is 0 Å². The number of nitrogens with zero attached hydrogens (tertiary/aromatic N) is 1. The minimum Gasteiger partial charge on any atom is -0.387 e. The van der Waals surface area contributed by atoms with Crippen LogP contribution in [0.3, 0.4) is 0 Å². The fraction of sp³-hybridized carbons (Fsp3) is 1.00. The lowest BCUT2D eigenvalue weighted by Crippen LogP contribution is -2.41. The molecule has 0 spiro atoms. The molecule has 1 N–H and O–H groups in total. The Kier molecular flexibility index (Phi) is 3.42. The van der Waals surface area contributed by atoms with Gasteiger partial charge in [-0.05, 0) is 45.2 Å². The van der Waals surface area contributed by atoms with Gasteiger partial charge in [-0.15, -0.1) is 0 Å². The molecule has 0 bridgehead atoms. The van der Waals surface area contributed by atoms with Gasteiger partial charge in [0.25, 0.3) is 0 Å². The number of ether oxygens (including phenoxy) is 1. The van der Waals surface area contributed by atoms with E-state index in [2.05, 4.69) is 4.90 Å². The maximum Gasteiger partial charge on any atom is 0.0893 e. The van der Waals surface area contributed by atoms with Crippen LogP contribution in [-0.2, 0) is 4.74 Å². The maximum atomic E-state index is 10.2. The van der Waals surface area contributed by atoms with Gasteiger partial charge in [-0.1, -0.05) is 0 Å².